The van der Waals surface area contributed by atoms with Gasteiger partial charge in [0.1, 0.15) is 11.9 Å². The molecule has 0 aromatic heterocycles. The molecule has 0 aliphatic carbocycles. The normalized spacial score (nSPS) is 17.9. The third-order valence-corrected chi connectivity index (χ3v) is 3.66. The number of hydrogen-bond donors (Lipinski definition) is 1. The van der Waals surface area contributed by atoms with Crippen LogP contribution in [0.4, 0.5) is 0 Å². The van der Waals surface area contributed by atoms with Gasteiger partial charge in [-0.2, -0.15) is 0 Å². The van der Waals surface area contributed by atoms with Crippen molar-refractivity contribution < 1.29 is 4.74 Å². The molecule has 3 heteroatoms. The number of piperidine rings is 1. The van der Waals surface area contributed by atoms with Crippen LogP contribution < -0.4 is 10.5 Å². The maximum absolute atomic E-state index is 6.15. The Morgan fingerprint density at radius 3 is 2.67 bits per heavy atom. The third-order valence-electron chi connectivity index (χ3n) is 3.66. The van der Waals surface area contributed by atoms with Crippen LogP contribution in [0.15, 0.2) is 24.3 Å². The Kier molecular flexibility index (Phi) is 5.02. The predicted molar refractivity (Wildman–Crippen MR) is 75.0 cm³/mol. The minimum atomic E-state index is 0.367. The zero-order valence-corrected chi connectivity index (χ0v) is 11.3. The van der Waals surface area contributed by atoms with Crippen molar-refractivity contribution in [2.45, 2.75) is 32.3 Å². The van der Waals surface area contributed by atoms with Crippen molar-refractivity contribution >= 4 is 0 Å². The van der Waals surface area contributed by atoms with Crippen LogP contribution >= 0.6 is 0 Å². The van der Waals surface area contributed by atoms with Gasteiger partial charge in [0.2, 0.25) is 0 Å². The standard InChI is InChI=1S/C15H24N2O/c1-2-17-11-8-14(9-12-17)18-15-6-4-3-5-13(15)7-10-16/h3-6,14H,2,7-12,16H2,1H3. The SMILES string of the molecule is CCN1CCC(Oc2ccccc2CCN)CC1. The zero-order valence-electron chi connectivity index (χ0n) is 11.3. The van der Waals surface area contributed by atoms with E-state index in [0.29, 0.717) is 12.6 Å². The van der Waals surface area contributed by atoms with Crippen LogP contribution in [-0.4, -0.2) is 37.2 Å². The van der Waals surface area contributed by atoms with Crippen LogP contribution in [0.5, 0.6) is 5.75 Å². The minimum Gasteiger partial charge on any atom is -0.490 e. The van der Waals surface area contributed by atoms with Gasteiger partial charge in [0, 0.05) is 13.1 Å². The number of hydrogen-bond acceptors (Lipinski definition) is 3. The van der Waals surface area contributed by atoms with E-state index in [4.69, 9.17) is 10.5 Å². The van der Waals surface area contributed by atoms with Gasteiger partial charge in [-0.3, -0.25) is 0 Å². The van der Waals surface area contributed by atoms with E-state index in [-0.39, 0.29) is 0 Å². The largest absolute Gasteiger partial charge is 0.490 e. The van der Waals surface area contributed by atoms with Crippen molar-refractivity contribution in [2.24, 2.45) is 5.73 Å². The van der Waals surface area contributed by atoms with Crippen molar-refractivity contribution in [1.82, 2.24) is 4.90 Å². The van der Waals surface area contributed by atoms with Crippen LogP contribution in [0.2, 0.25) is 0 Å². The third kappa shape index (κ3) is 3.47. The van der Waals surface area contributed by atoms with Crippen LogP contribution in [0.1, 0.15) is 25.3 Å². The fourth-order valence-electron chi connectivity index (χ4n) is 2.50. The molecule has 2 rings (SSSR count). The first-order valence-corrected chi connectivity index (χ1v) is 7.00. The van der Waals surface area contributed by atoms with Crippen molar-refractivity contribution in [2.75, 3.05) is 26.2 Å². The summed E-state index contributed by atoms with van der Waals surface area (Å²) in [6.45, 7) is 6.35. The molecule has 1 saturated heterocycles. The Labute approximate surface area is 110 Å². The topological polar surface area (TPSA) is 38.5 Å². The number of rotatable bonds is 5. The lowest BCUT2D eigenvalue weighted by Gasteiger charge is -2.31. The van der Waals surface area contributed by atoms with Gasteiger partial charge in [-0.1, -0.05) is 25.1 Å². The molecule has 0 saturated carbocycles. The van der Waals surface area contributed by atoms with Crippen LogP contribution in [-0.2, 0) is 6.42 Å². The van der Waals surface area contributed by atoms with Crippen molar-refractivity contribution in [1.29, 1.82) is 0 Å². The van der Waals surface area contributed by atoms with Crippen LogP contribution in [0, 0.1) is 0 Å². The van der Waals surface area contributed by atoms with E-state index in [1.54, 1.807) is 0 Å². The van der Waals surface area contributed by atoms with Crippen molar-refractivity contribution in [3.05, 3.63) is 29.8 Å². The van der Waals surface area contributed by atoms with Gasteiger partial charge in [-0.25, -0.2) is 0 Å². The van der Waals surface area contributed by atoms with Crippen LogP contribution in [0.3, 0.4) is 0 Å². The highest BCUT2D eigenvalue weighted by Crippen LogP contribution is 2.23. The van der Waals surface area contributed by atoms with E-state index >= 15 is 0 Å². The zero-order chi connectivity index (χ0) is 12.8. The molecule has 0 unspecified atom stereocenters. The Morgan fingerprint density at radius 1 is 1.28 bits per heavy atom. The molecular formula is C15H24N2O. The fourth-order valence-corrected chi connectivity index (χ4v) is 2.50. The quantitative estimate of drug-likeness (QED) is 0.866. The lowest BCUT2D eigenvalue weighted by molar-refractivity contribution is 0.103. The molecule has 1 fully saturated rings. The highest BCUT2D eigenvalue weighted by molar-refractivity contribution is 5.33. The second kappa shape index (κ2) is 6.76. The monoisotopic (exact) mass is 248 g/mol. The summed E-state index contributed by atoms with van der Waals surface area (Å²) >= 11 is 0. The lowest BCUT2D eigenvalue weighted by Crippen LogP contribution is -2.38. The Hall–Kier alpha value is -1.06. The van der Waals surface area contributed by atoms with Gasteiger partial charge in [-0.15, -0.1) is 0 Å². The van der Waals surface area contributed by atoms with Gasteiger partial charge >= 0.3 is 0 Å². The molecule has 1 aromatic rings. The van der Waals surface area contributed by atoms with Crippen LogP contribution in [0.25, 0.3) is 0 Å². The molecule has 100 valence electrons. The molecule has 1 aliphatic rings. The lowest BCUT2D eigenvalue weighted by atomic mass is 10.1. The summed E-state index contributed by atoms with van der Waals surface area (Å²) in [5, 5.41) is 0. The molecular weight excluding hydrogens is 224 g/mol. The van der Waals surface area contributed by atoms with E-state index in [9.17, 15) is 0 Å². The molecule has 1 heterocycles. The molecule has 0 spiro atoms. The molecule has 0 atom stereocenters. The maximum atomic E-state index is 6.15. The summed E-state index contributed by atoms with van der Waals surface area (Å²) in [6, 6.07) is 8.27. The minimum absolute atomic E-state index is 0.367. The Balaban J connectivity index is 1.93. The molecule has 3 nitrogen and oxygen atoms in total. The van der Waals surface area contributed by atoms with E-state index in [1.807, 2.05) is 6.07 Å². The van der Waals surface area contributed by atoms with Gasteiger partial charge in [0.15, 0.2) is 0 Å². The van der Waals surface area contributed by atoms with E-state index in [0.717, 1.165) is 44.6 Å². The highest BCUT2D eigenvalue weighted by atomic mass is 16.5. The first kappa shape index (κ1) is 13.4. The summed E-state index contributed by atoms with van der Waals surface area (Å²) in [4.78, 5) is 2.48. The van der Waals surface area contributed by atoms with E-state index < -0.39 is 0 Å². The summed E-state index contributed by atoms with van der Waals surface area (Å²) in [5.41, 5.74) is 6.87. The molecule has 1 aliphatic heterocycles. The van der Waals surface area contributed by atoms with Gasteiger partial charge in [-0.05, 0) is 44.0 Å². The summed E-state index contributed by atoms with van der Waals surface area (Å²) in [5.74, 6) is 1.03. The summed E-state index contributed by atoms with van der Waals surface area (Å²) < 4.78 is 6.15. The first-order valence-electron chi connectivity index (χ1n) is 7.00. The molecule has 0 bridgehead atoms. The van der Waals surface area contributed by atoms with Crippen molar-refractivity contribution in [3.8, 4) is 5.75 Å². The summed E-state index contributed by atoms with van der Waals surface area (Å²) in [6.07, 6.45) is 3.52. The second-order valence-electron chi connectivity index (χ2n) is 4.90. The fraction of sp³-hybridized carbons (Fsp3) is 0.600. The average molecular weight is 248 g/mol. The first-order chi connectivity index (χ1) is 8.83. The Morgan fingerprint density at radius 2 is 2.00 bits per heavy atom. The maximum Gasteiger partial charge on any atom is 0.122 e. The van der Waals surface area contributed by atoms with Gasteiger partial charge in [0.05, 0.1) is 0 Å². The number of nitrogens with zero attached hydrogens (tertiary/aromatic N) is 1. The number of benzene rings is 1. The van der Waals surface area contributed by atoms with Gasteiger partial charge in [0.25, 0.3) is 0 Å². The average Bonchev–Trinajstić information content (AvgIpc) is 2.42. The molecule has 0 radical (unpaired) electrons. The molecule has 18 heavy (non-hydrogen) atoms. The van der Waals surface area contributed by atoms with E-state index in [2.05, 4.69) is 30.0 Å². The number of likely N-dealkylation sites (tertiary alicyclic amines) is 1. The molecule has 0 amide bonds. The van der Waals surface area contributed by atoms with Crippen molar-refractivity contribution in [3.63, 3.8) is 0 Å². The second-order valence-corrected chi connectivity index (χ2v) is 4.90. The number of ether oxygens (including phenoxy) is 1. The summed E-state index contributed by atoms with van der Waals surface area (Å²) in [7, 11) is 0. The van der Waals surface area contributed by atoms with Gasteiger partial charge < -0.3 is 15.4 Å². The predicted octanol–water partition coefficient (Wildman–Crippen LogP) is 2.05. The smallest absolute Gasteiger partial charge is 0.122 e. The number of nitrogens with two attached hydrogens (primary N) is 1. The molecule has 2 N–H and O–H groups in total. The number of para-hydroxylation sites is 1. The Bertz CT molecular complexity index is 359. The van der Waals surface area contributed by atoms with E-state index in [1.165, 1.54) is 5.56 Å². The highest BCUT2D eigenvalue weighted by Gasteiger charge is 2.19. The molecule has 1 aromatic carbocycles.